The average molecular weight is 499 g/mol. The molecule has 0 aliphatic carbocycles. The van der Waals surface area contributed by atoms with Gasteiger partial charge in [-0.3, -0.25) is 19.1 Å². The van der Waals surface area contributed by atoms with Gasteiger partial charge in [-0.05, 0) is 67.7 Å². The number of rotatable bonds is 6. The first-order valence-electron chi connectivity index (χ1n) is 12.7. The molecule has 0 radical (unpaired) electrons. The van der Waals surface area contributed by atoms with Crippen LogP contribution in [-0.2, 0) is 13.6 Å². The number of nitrogens with one attached hydrogen (secondary N) is 1. The van der Waals surface area contributed by atoms with Crippen molar-refractivity contribution in [3.8, 4) is 5.69 Å². The van der Waals surface area contributed by atoms with Gasteiger partial charge in [0.15, 0.2) is 0 Å². The van der Waals surface area contributed by atoms with Crippen molar-refractivity contribution < 1.29 is 4.79 Å². The van der Waals surface area contributed by atoms with Crippen LogP contribution in [0, 0.1) is 0 Å². The maximum Gasteiger partial charge on any atom is 0.257 e. The van der Waals surface area contributed by atoms with E-state index >= 15 is 0 Å². The fraction of sp³-hybridized carbons (Fsp3) is 0.345. The lowest BCUT2D eigenvalue weighted by molar-refractivity contribution is 0.0827. The summed E-state index contributed by atoms with van der Waals surface area (Å²) in [7, 11) is 7.41. The molecule has 1 fully saturated rings. The van der Waals surface area contributed by atoms with Crippen molar-refractivity contribution >= 4 is 22.6 Å². The number of anilines is 1. The number of fused-ring (bicyclic) bond motifs is 1. The standard InChI is InChI=1S/C29H34N6O2/c1-30-23-12-16-35(27(36)17-23)26-9-13-31-28-25(26)18-24(33(28)4)19-34-14-10-21(11-15-34)20-5-7-22(8-6-20)29(37)32(2)3/h5-9,12-13,16-18,21,30H,10-11,14-15,19H2,1-4H3. The van der Waals surface area contributed by atoms with E-state index in [-0.39, 0.29) is 11.5 Å². The van der Waals surface area contributed by atoms with E-state index in [1.165, 1.54) is 11.3 Å². The van der Waals surface area contributed by atoms with Gasteiger partial charge >= 0.3 is 0 Å². The first-order chi connectivity index (χ1) is 17.9. The minimum atomic E-state index is -0.0778. The van der Waals surface area contributed by atoms with Crippen molar-refractivity contribution in [2.45, 2.75) is 25.3 Å². The molecule has 1 N–H and O–H groups in total. The maximum absolute atomic E-state index is 12.7. The van der Waals surface area contributed by atoms with Gasteiger partial charge in [0.2, 0.25) is 0 Å². The molecule has 0 bridgehead atoms. The second-order valence-electron chi connectivity index (χ2n) is 10.0. The molecule has 4 heterocycles. The number of pyridine rings is 2. The minimum Gasteiger partial charge on any atom is -0.388 e. The average Bonchev–Trinajstić information content (AvgIpc) is 3.24. The first kappa shape index (κ1) is 24.8. The van der Waals surface area contributed by atoms with Crippen LogP contribution in [0.1, 0.15) is 40.4 Å². The van der Waals surface area contributed by atoms with E-state index in [1.807, 2.05) is 37.5 Å². The lowest BCUT2D eigenvalue weighted by atomic mass is 9.89. The summed E-state index contributed by atoms with van der Waals surface area (Å²) in [6.45, 7) is 2.86. The molecule has 0 spiro atoms. The summed E-state index contributed by atoms with van der Waals surface area (Å²) in [5.41, 5.74) is 5.65. The lowest BCUT2D eigenvalue weighted by Crippen LogP contribution is -2.33. The number of amides is 1. The fourth-order valence-electron chi connectivity index (χ4n) is 5.26. The number of nitrogens with zero attached hydrogens (tertiary/aromatic N) is 5. The molecule has 3 aromatic heterocycles. The Balaban J connectivity index is 1.30. The Kier molecular flexibility index (Phi) is 6.84. The van der Waals surface area contributed by atoms with Crippen molar-refractivity contribution in [3.05, 3.63) is 88.1 Å². The number of aromatic nitrogens is 3. The monoisotopic (exact) mass is 498 g/mol. The summed E-state index contributed by atoms with van der Waals surface area (Å²) in [4.78, 5) is 33.6. The van der Waals surface area contributed by atoms with E-state index in [0.717, 1.165) is 60.4 Å². The molecule has 0 unspecified atom stereocenters. The van der Waals surface area contributed by atoms with Crippen LogP contribution in [0.2, 0.25) is 0 Å². The zero-order chi connectivity index (χ0) is 26.1. The summed E-state index contributed by atoms with van der Waals surface area (Å²) in [6.07, 6.45) is 5.75. The number of aryl methyl sites for hydroxylation is 1. The van der Waals surface area contributed by atoms with E-state index in [2.05, 4.69) is 38.0 Å². The Hall–Kier alpha value is -3.91. The van der Waals surface area contributed by atoms with E-state index in [0.29, 0.717) is 5.92 Å². The number of piperidine rings is 1. The zero-order valence-corrected chi connectivity index (χ0v) is 21.9. The Bertz CT molecular complexity index is 1480. The van der Waals surface area contributed by atoms with Crippen LogP contribution >= 0.6 is 0 Å². The lowest BCUT2D eigenvalue weighted by Gasteiger charge is -2.32. The highest BCUT2D eigenvalue weighted by molar-refractivity contribution is 5.93. The molecule has 1 amide bonds. The molecule has 1 saturated heterocycles. The van der Waals surface area contributed by atoms with Gasteiger partial charge in [-0.25, -0.2) is 4.98 Å². The van der Waals surface area contributed by atoms with Gasteiger partial charge in [0.05, 0.1) is 5.69 Å². The number of carbonyl (C=O) groups excluding carboxylic acids is 1. The third-order valence-corrected chi connectivity index (χ3v) is 7.48. The Morgan fingerprint density at radius 1 is 1.08 bits per heavy atom. The van der Waals surface area contributed by atoms with Crippen LogP contribution in [0.4, 0.5) is 5.69 Å². The van der Waals surface area contributed by atoms with Gasteiger partial charge in [0, 0.05) is 75.5 Å². The fourth-order valence-corrected chi connectivity index (χ4v) is 5.26. The summed E-state index contributed by atoms with van der Waals surface area (Å²) >= 11 is 0. The normalized spacial score (nSPS) is 14.7. The predicted octanol–water partition coefficient (Wildman–Crippen LogP) is 3.85. The molecule has 192 valence electrons. The van der Waals surface area contributed by atoms with E-state index < -0.39 is 0 Å². The highest BCUT2D eigenvalue weighted by Gasteiger charge is 2.22. The SMILES string of the molecule is CNc1ccn(-c2ccnc3c2cc(CN2CCC(c4ccc(C(=O)N(C)C)cc4)CC2)n3C)c(=O)c1. The van der Waals surface area contributed by atoms with Gasteiger partial charge in [0.1, 0.15) is 5.65 Å². The number of hydrogen-bond acceptors (Lipinski definition) is 5. The van der Waals surface area contributed by atoms with Crippen LogP contribution in [0.3, 0.4) is 0 Å². The van der Waals surface area contributed by atoms with Gasteiger partial charge < -0.3 is 14.8 Å². The number of carbonyl (C=O) groups is 1. The highest BCUT2D eigenvalue weighted by atomic mass is 16.2. The third-order valence-electron chi connectivity index (χ3n) is 7.48. The van der Waals surface area contributed by atoms with Gasteiger partial charge in [0.25, 0.3) is 11.5 Å². The van der Waals surface area contributed by atoms with Crippen molar-refractivity contribution in [1.29, 1.82) is 0 Å². The minimum absolute atomic E-state index is 0.0360. The quantitative estimate of drug-likeness (QED) is 0.437. The smallest absolute Gasteiger partial charge is 0.257 e. The van der Waals surface area contributed by atoms with Gasteiger partial charge in [-0.1, -0.05) is 12.1 Å². The summed E-state index contributed by atoms with van der Waals surface area (Å²) in [5, 5.41) is 3.99. The molecule has 8 heteroatoms. The zero-order valence-electron chi connectivity index (χ0n) is 21.9. The molecule has 1 aliphatic rings. The van der Waals surface area contributed by atoms with E-state index in [4.69, 9.17) is 0 Å². The van der Waals surface area contributed by atoms with Crippen LogP contribution in [0.5, 0.6) is 0 Å². The molecule has 37 heavy (non-hydrogen) atoms. The maximum atomic E-state index is 12.7. The first-order valence-corrected chi connectivity index (χ1v) is 12.7. The third kappa shape index (κ3) is 4.89. The highest BCUT2D eigenvalue weighted by Crippen LogP contribution is 2.30. The predicted molar refractivity (Wildman–Crippen MR) is 148 cm³/mol. The van der Waals surface area contributed by atoms with Crippen LogP contribution in [0.15, 0.2) is 65.7 Å². The second-order valence-corrected chi connectivity index (χ2v) is 10.0. The van der Waals surface area contributed by atoms with Crippen molar-refractivity contribution in [1.82, 2.24) is 23.9 Å². The summed E-state index contributed by atoms with van der Waals surface area (Å²) < 4.78 is 3.82. The summed E-state index contributed by atoms with van der Waals surface area (Å²) in [6, 6.07) is 15.7. The topological polar surface area (TPSA) is 75.4 Å². The van der Waals surface area contributed by atoms with Crippen LogP contribution in [-0.4, -0.2) is 64.1 Å². The molecular weight excluding hydrogens is 464 g/mol. The van der Waals surface area contributed by atoms with Crippen molar-refractivity contribution in [2.75, 3.05) is 39.5 Å². The van der Waals surface area contributed by atoms with Crippen molar-refractivity contribution in [2.24, 2.45) is 7.05 Å². The largest absolute Gasteiger partial charge is 0.388 e. The van der Waals surface area contributed by atoms with Crippen LogP contribution < -0.4 is 10.9 Å². The Morgan fingerprint density at radius 3 is 2.46 bits per heavy atom. The molecule has 0 atom stereocenters. The Labute approximate surface area is 217 Å². The molecule has 1 aromatic carbocycles. The van der Waals surface area contributed by atoms with Crippen molar-refractivity contribution in [3.63, 3.8) is 0 Å². The molecule has 5 rings (SSSR count). The molecule has 1 aliphatic heterocycles. The van der Waals surface area contributed by atoms with Gasteiger partial charge in [-0.2, -0.15) is 0 Å². The van der Waals surface area contributed by atoms with Gasteiger partial charge in [-0.15, -0.1) is 0 Å². The number of benzene rings is 1. The summed E-state index contributed by atoms with van der Waals surface area (Å²) in [5.74, 6) is 0.543. The number of likely N-dealkylation sites (tertiary alicyclic amines) is 1. The molecule has 8 nitrogen and oxygen atoms in total. The van der Waals surface area contributed by atoms with E-state index in [1.54, 1.807) is 42.9 Å². The van der Waals surface area contributed by atoms with Crippen LogP contribution in [0.25, 0.3) is 16.7 Å². The van der Waals surface area contributed by atoms with E-state index in [9.17, 15) is 9.59 Å². The second kappa shape index (κ2) is 10.2. The Morgan fingerprint density at radius 2 is 1.81 bits per heavy atom. The number of hydrogen-bond donors (Lipinski definition) is 1. The molecular formula is C29H34N6O2. The molecule has 0 saturated carbocycles. The molecule has 4 aromatic rings.